The Morgan fingerprint density at radius 3 is 1.36 bits per heavy atom. The van der Waals surface area contributed by atoms with E-state index in [-0.39, 0.29) is 61.2 Å². The predicted octanol–water partition coefficient (Wildman–Crippen LogP) is 12.2. The van der Waals surface area contributed by atoms with Gasteiger partial charge >= 0.3 is 24.7 Å². The van der Waals surface area contributed by atoms with Crippen LogP contribution in [0, 0.1) is 5.41 Å². The number of nitrogens with one attached hydrogen (secondary N) is 1. The minimum absolute atomic E-state index is 0. The molecule has 6 rings (SSSR count). The Bertz CT molecular complexity index is 2400. The molecule has 10 nitrogen and oxygen atoms in total. The molecule has 364 valence electrons. The van der Waals surface area contributed by atoms with E-state index in [1.165, 1.54) is 37.7 Å². The highest BCUT2D eigenvalue weighted by Gasteiger charge is 2.51. The summed E-state index contributed by atoms with van der Waals surface area (Å²) in [6, 6.07) is 18.8. The number of alkyl halides is 12. The number of carbonyl (C=O) groups is 2. The van der Waals surface area contributed by atoms with Crippen molar-refractivity contribution in [3.8, 4) is 0 Å². The van der Waals surface area contributed by atoms with E-state index in [0.717, 1.165) is 0 Å². The molecule has 23 heteroatoms. The molecule has 2 saturated heterocycles. The van der Waals surface area contributed by atoms with Gasteiger partial charge in [-0.1, -0.05) is 65.8 Å². The maximum Gasteiger partial charge on any atom is 0.416 e. The number of ether oxygens (including phenoxy) is 2. The van der Waals surface area contributed by atoms with Crippen molar-refractivity contribution in [3.63, 3.8) is 0 Å². The molecule has 1 unspecified atom stereocenters. The van der Waals surface area contributed by atoms with Gasteiger partial charge in [-0.3, -0.25) is 19.7 Å². The molecule has 2 heterocycles. The van der Waals surface area contributed by atoms with Crippen molar-refractivity contribution in [3.05, 3.63) is 152 Å². The van der Waals surface area contributed by atoms with Crippen molar-refractivity contribution >= 4 is 17.5 Å². The average molecular weight is 969 g/mol. The van der Waals surface area contributed by atoms with Crippen LogP contribution in [0.1, 0.15) is 84.8 Å². The fourth-order valence-electron chi connectivity index (χ4n) is 7.73. The first-order valence-electron chi connectivity index (χ1n) is 19.7. The number of rotatable bonds is 11. The number of nitrogens with zero attached hydrogens (tertiary/aromatic N) is 5. The van der Waals surface area contributed by atoms with Crippen LogP contribution in [0.15, 0.2) is 102 Å². The monoisotopic (exact) mass is 968 g/mol. The number of amides is 2. The average Bonchev–Trinajstić information content (AvgIpc) is 3.64. The maximum atomic E-state index is 13.2. The quantitative estimate of drug-likeness (QED) is 0.0694. The Hall–Kier alpha value is -6.19. The Balaban J connectivity index is 0.000000351. The van der Waals surface area contributed by atoms with Gasteiger partial charge in [0.1, 0.15) is 6.04 Å². The molecular formula is C44H43F13N6O4. The third-order valence-electron chi connectivity index (χ3n) is 11.6. The van der Waals surface area contributed by atoms with E-state index in [4.69, 9.17) is 20.4 Å². The second-order valence-corrected chi connectivity index (χ2v) is 15.7. The number of likely N-dealkylation sites (tertiary alicyclic amines) is 2. The van der Waals surface area contributed by atoms with Crippen LogP contribution in [0.4, 0.5) is 57.4 Å². The molecule has 4 aromatic rings. The van der Waals surface area contributed by atoms with E-state index in [0.29, 0.717) is 35.4 Å². The first-order chi connectivity index (χ1) is 30.5. The van der Waals surface area contributed by atoms with Crippen LogP contribution in [0.3, 0.4) is 0 Å². The minimum atomic E-state index is -4.98. The first kappa shape index (κ1) is 53.4. The number of benzene rings is 4. The van der Waals surface area contributed by atoms with Gasteiger partial charge in [0, 0.05) is 26.9 Å². The van der Waals surface area contributed by atoms with Gasteiger partial charge in [0.05, 0.1) is 64.5 Å². The Kier molecular flexibility index (Phi) is 15.9. The minimum Gasteiger partial charge on any atom is -0.371 e. The Morgan fingerprint density at radius 1 is 0.672 bits per heavy atom. The summed E-state index contributed by atoms with van der Waals surface area (Å²) in [4.78, 5) is 30.3. The SMILES string of the molecule is C[C@@H](OC[C@@]1(c2ccccc2)CC(=N)C(=O)N1C)c1cc(C(F)(F)F)cc(C(F)(F)F)c1.C[C@@H](OC[C@@]1(c2ccccc2)CC(N=[N+]=[N-])C(=O)N1C)c1cc(C(F)(F)F)cc(C(F)(F)F)c1.F.[3HH]. The van der Waals surface area contributed by atoms with Crippen LogP contribution in [0.25, 0.3) is 10.4 Å². The van der Waals surface area contributed by atoms with E-state index in [1.54, 1.807) is 60.7 Å². The van der Waals surface area contributed by atoms with E-state index < -0.39 is 88.1 Å². The lowest BCUT2D eigenvalue weighted by Gasteiger charge is -2.37. The lowest BCUT2D eigenvalue weighted by atomic mass is 9.87. The van der Waals surface area contributed by atoms with E-state index in [2.05, 4.69) is 10.0 Å². The van der Waals surface area contributed by atoms with Gasteiger partial charge in [-0.05, 0) is 84.5 Å². The molecule has 0 aliphatic carbocycles. The number of hydrogen-bond acceptors (Lipinski definition) is 6. The van der Waals surface area contributed by atoms with Crippen molar-refractivity contribution in [1.29, 1.82) is 5.41 Å². The van der Waals surface area contributed by atoms with Gasteiger partial charge in [-0.2, -0.15) is 52.7 Å². The van der Waals surface area contributed by atoms with Gasteiger partial charge in [0.25, 0.3) is 5.91 Å². The van der Waals surface area contributed by atoms with Crippen LogP contribution in [-0.4, -0.2) is 60.7 Å². The highest BCUT2D eigenvalue weighted by molar-refractivity contribution is 6.39. The van der Waals surface area contributed by atoms with Crippen molar-refractivity contribution in [2.75, 3.05) is 27.3 Å². The molecule has 4 aromatic carbocycles. The summed E-state index contributed by atoms with van der Waals surface area (Å²) in [6.07, 6.45) is -22.2. The standard InChI is InChI=1S/C22H20F6N4O2.C22H20F6N2O2.FH.H2/c1-13(14-8-16(21(23,24)25)10-17(9-14)22(26,27)28)34-12-20(15-6-4-3-5-7-15)11-18(30-31-29)19(33)32(20)2;1-13(14-8-16(21(23,24)25)10-17(9-14)22(26,27)28)32-12-20(15-6-4-3-5-7-15)11-18(29)19(31)30(20)2;;/h3-10,13,18H,11-12H2,1-2H3;3-10,13,29H,11-12H2,1-2H3;2*1H/t13-,18?,20-;13-,20-;;/m11../s1/i;;;1+2. The van der Waals surface area contributed by atoms with Gasteiger partial charge in [0.15, 0.2) is 0 Å². The third-order valence-corrected chi connectivity index (χ3v) is 11.6. The molecule has 0 aromatic heterocycles. The highest BCUT2D eigenvalue weighted by Crippen LogP contribution is 2.44. The molecule has 2 amide bonds. The van der Waals surface area contributed by atoms with Crippen molar-refractivity contribution in [2.45, 2.75) is 80.7 Å². The van der Waals surface area contributed by atoms with Crippen LogP contribution >= 0.6 is 0 Å². The lowest BCUT2D eigenvalue weighted by molar-refractivity contribution is -0.145. The summed E-state index contributed by atoms with van der Waals surface area (Å²) in [7, 11) is 2.96. The molecule has 2 fully saturated rings. The van der Waals surface area contributed by atoms with E-state index in [9.17, 15) is 62.3 Å². The summed E-state index contributed by atoms with van der Waals surface area (Å²) in [5.41, 5.74) is 1.31. The molecule has 0 spiro atoms. The van der Waals surface area contributed by atoms with Crippen molar-refractivity contribution in [1.82, 2.24) is 9.80 Å². The zero-order valence-electron chi connectivity index (χ0n) is 35.6. The lowest BCUT2D eigenvalue weighted by Crippen LogP contribution is -2.44. The topological polar surface area (TPSA) is 132 Å². The van der Waals surface area contributed by atoms with Crippen LogP contribution in [0.2, 0.25) is 0 Å². The second-order valence-electron chi connectivity index (χ2n) is 15.7. The van der Waals surface area contributed by atoms with Gasteiger partial charge in [-0.25, -0.2) is 0 Å². The van der Waals surface area contributed by atoms with Crippen molar-refractivity contribution in [2.24, 2.45) is 5.11 Å². The molecule has 1 N–H and O–H groups in total. The molecule has 67 heavy (non-hydrogen) atoms. The molecule has 0 saturated carbocycles. The number of likely N-dealkylation sites (N-methyl/N-ethyl adjacent to an activating group) is 2. The summed E-state index contributed by atoms with van der Waals surface area (Å²) < 4.78 is 170. The molecular weight excluding hydrogens is 923 g/mol. The van der Waals surface area contributed by atoms with Gasteiger partial charge in [-0.15, -0.1) is 0 Å². The van der Waals surface area contributed by atoms with E-state index >= 15 is 0 Å². The highest BCUT2D eigenvalue weighted by atomic mass is 19.4. The molecule has 2 aliphatic heterocycles. The maximum absolute atomic E-state index is 13.2. The zero-order valence-corrected chi connectivity index (χ0v) is 35.6. The smallest absolute Gasteiger partial charge is 0.371 e. The van der Waals surface area contributed by atoms with Gasteiger partial charge < -0.3 is 19.3 Å². The van der Waals surface area contributed by atoms with Crippen molar-refractivity contribution < 1.29 is 77.9 Å². The fourth-order valence-corrected chi connectivity index (χ4v) is 7.73. The Labute approximate surface area is 375 Å². The van der Waals surface area contributed by atoms with Crippen LogP contribution in [-0.2, 0) is 54.8 Å². The predicted molar refractivity (Wildman–Crippen MR) is 218 cm³/mol. The number of azide groups is 1. The number of halogens is 13. The third kappa shape index (κ3) is 11.7. The van der Waals surface area contributed by atoms with Crippen LogP contribution < -0.4 is 0 Å². The normalized spacial score (nSPS) is 21.0. The second kappa shape index (κ2) is 20.0. The number of hydrogen-bond donors (Lipinski definition) is 1. The Morgan fingerprint density at radius 2 is 1.03 bits per heavy atom. The fraction of sp³-hybridized carbons (Fsp3) is 0.386. The first-order valence-corrected chi connectivity index (χ1v) is 19.7. The zero-order chi connectivity index (χ0) is 49.2. The van der Waals surface area contributed by atoms with Gasteiger partial charge in [0.2, 0.25) is 5.91 Å². The molecule has 0 radical (unpaired) electrons. The summed E-state index contributed by atoms with van der Waals surface area (Å²) in [5.74, 6) is -1.00. The summed E-state index contributed by atoms with van der Waals surface area (Å²) in [6.45, 7) is 2.20. The van der Waals surface area contributed by atoms with E-state index in [1.807, 2.05) is 0 Å². The molecule has 5 atom stereocenters. The number of carbonyl (C=O) groups excluding carboxylic acids is 2. The summed E-state index contributed by atoms with van der Waals surface area (Å²) in [5, 5.41) is 11.5. The molecule has 2 aliphatic rings. The largest absolute Gasteiger partial charge is 0.416 e. The molecule has 0 bridgehead atoms. The summed E-state index contributed by atoms with van der Waals surface area (Å²) >= 11 is 0. The van der Waals surface area contributed by atoms with Crippen LogP contribution in [0.5, 0.6) is 0 Å².